The SMILES string of the molecule is CC(=O)N(Cc1ccccc1)[C@H](C)C(=O)NCCCOC(C)C. The first-order chi connectivity index (χ1) is 10.9. The molecule has 0 aliphatic carbocycles. The average molecular weight is 320 g/mol. The van der Waals surface area contributed by atoms with E-state index in [4.69, 9.17) is 4.74 Å². The molecule has 1 N–H and O–H groups in total. The Morgan fingerprint density at radius 2 is 1.83 bits per heavy atom. The van der Waals surface area contributed by atoms with Gasteiger partial charge in [0, 0.05) is 26.6 Å². The molecule has 1 aromatic carbocycles. The second-order valence-electron chi connectivity index (χ2n) is 5.87. The second-order valence-corrected chi connectivity index (χ2v) is 5.87. The van der Waals surface area contributed by atoms with Crippen molar-refractivity contribution in [2.24, 2.45) is 0 Å². The van der Waals surface area contributed by atoms with E-state index in [1.165, 1.54) is 6.92 Å². The second kappa shape index (κ2) is 10.0. The summed E-state index contributed by atoms with van der Waals surface area (Å²) in [7, 11) is 0. The van der Waals surface area contributed by atoms with Crippen molar-refractivity contribution < 1.29 is 14.3 Å². The van der Waals surface area contributed by atoms with Crippen LogP contribution in [0.3, 0.4) is 0 Å². The van der Waals surface area contributed by atoms with Gasteiger partial charge < -0.3 is 15.0 Å². The summed E-state index contributed by atoms with van der Waals surface area (Å²) >= 11 is 0. The fourth-order valence-electron chi connectivity index (χ4n) is 2.19. The lowest BCUT2D eigenvalue weighted by Crippen LogP contribution is -2.47. The maximum absolute atomic E-state index is 12.2. The topological polar surface area (TPSA) is 58.6 Å². The lowest BCUT2D eigenvalue weighted by molar-refractivity contribution is -0.139. The molecule has 0 aromatic heterocycles. The summed E-state index contributed by atoms with van der Waals surface area (Å²) in [5.74, 6) is -0.250. The van der Waals surface area contributed by atoms with E-state index >= 15 is 0 Å². The van der Waals surface area contributed by atoms with Gasteiger partial charge in [-0.15, -0.1) is 0 Å². The van der Waals surface area contributed by atoms with Gasteiger partial charge in [-0.1, -0.05) is 30.3 Å². The summed E-state index contributed by atoms with van der Waals surface area (Å²) in [6.45, 7) is 8.80. The minimum absolute atomic E-state index is 0.111. The average Bonchev–Trinajstić information content (AvgIpc) is 2.51. The van der Waals surface area contributed by atoms with E-state index in [1.54, 1.807) is 11.8 Å². The molecule has 128 valence electrons. The predicted octanol–water partition coefficient (Wildman–Crippen LogP) is 2.35. The van der Waals surface area contributed by atoms with Gasteiger partial charge in [0.05, 0.1) is 6.10 Å². The van der Waals surface area contributed by atoms with Crippen LogP contribution < -0.4 is 5.32 Å². The zero-order chi connectivity index (χ0) is 17.2. The van der Waals surface area contributed by atoms with Gasteiger partial charge >= 0.3 is 0 Å². The third-order valence-electron chi connectivity index (χ3n) is 3.52. The third-order valence-corrected chi connectivity index (χ3v) is 3.52. The number of carbonyl (C=O) groups excluding carboxylic acids is 2. The maximum Gasteiger partial charge on any atom is 0.242 e. The number of nitrogens with zero attached hydrogens (tertiary/aromatic N) is 1. The first kappa shape index (κ1) is 19.2. The first-order valence-corrected chi connectivity index (χ1v) is 8.12. The van der Waals surface area contributed by atoms with Gasteiger partial charge in [0.1, 0.15) is 6.04 Å². The van der Waals surface area contributed by atoms with Crippen molar-refractivity contribution >= 4 is 11.8 Å². The standard InChI is InChI=1S/C18H28N2O3/c1-14(2)23-12-8-11-19-18(22)15(3)20(16(4)21)13-17-9-6-5-7-10-17/h5-7,9-10,14-15H,8,11-13H2,1-4H3,(H,19,22)/t15-/m1/s1. The molecule has 0 fully saturated rings. The highest BCUT2D eigenvalue weighted by Gasteiger charge is 2.23. The monoisotopic (exact) mass is 320 g/mol. The number of hydrogen-bond donors (Lipinski definition) is 1. The summed E-state index contributed by atoms with van der Waals surface area (Å²) in [5.41, 5.74) is 1.01. The Morgan fingerprint density at radius 3 is 2.39 bits per heavy atom. The van der Waals surface area contributed by atoms with E-state index in [9.17, 15) is 9.59 Å². The molecule has 0 saturated heterocycles. The van der Waals surface area contributed by atoms with Crippen LogP contribution in [0.25, 0.3) is 0 Å². The van der Waals surface area contributed by atoms with Crippen LogP contribution >= 0.6 is 0 Å². The van der Waals surface area contributed by atoms with Gasteiger partial charge in [-0.3, -0.25) is 9.59 Å². The summed E-state index contributed by atoms with van der Waals surface area (Å²) in [6, 6.07) is 9.17. The Hall–Kier alpha value is -1.88. The van der Waals surface area contributed by atoms with Crippen molar-refractivity contribution in [3.05, 3.63) is 35.9 Å². The molecule has 5 heteroatoms. The van der Waals surface area contributed by atoms with E-state index in [2.05, 4.69) is 5.32 Å². The molecule has 0 radical (unpaired) electrons. The van der Waals surface area contributed by atoms with Crippen molar-refractivity contribution in [2.45, 2.75) is 52.8 Å². The number of ether oxygens (including phenoxy) is 1. The number of benzene rings is 1. The van der Waals surface area contributed by atoms with Crippen LogP contribution in [0.5, 0.6) is 0 Å². The van der Waals surface area contributed by atoms with Gasteiger partial charge in [-0.2, -0.15) is 0 Å². The molecular weight excluding hydrogens is 292 g/mol. The van der Waals surface area contributed by atoms with E-state index in [1.807, 2.05) is 44.2 Å². The molecule has 1 rings (SSSR count). The van der Waals surface area contributed by atoms with E-state index in [-0.39, 0.29) is 17.9 Å². The van der Waals surface area contributed by atoms with Crippen molar-refractivity contribution in [3.8, 4) is 0 Å². The van der Waals surface area contributed by atoms with E-state index in [0.29, 0.717) is 19.7 Å². The van der Waals surface area contributed by atoms with Crippen molar-refractivity contribution in [1.82, 2.24) is 10.2 Å². The normalized spacial score (nSPS) is 12.0. The molecule has 0 heterocycles. The Kier molecular flexibility index (Phi) is 8.33. The van der Waals surface area contributed by atoms with Crippen LogP contribution in [-0.2, 0) is 20.9 Å². The lowest BCUT2D eigenvalue weighted by Gasteiger charge is -2.27. The van der Waals surface area contributed by atoms with E-state index in [0.717, 1.165) is 12.0 Å². The quantitative estimate of drug-likeness (QED) is 0.711. The van der Waals surface area contributed by atoms with Crippen molar-refractivity contribution in [2.75, 3.05) is 13.2 Å². The highest BCUT2D eigenvalue weighted by Crippen LogP contribution is 2.09. The number of hydrogen-bond acceptors (Lipinski definition) is 3. The van der Waals surface area contributed by atoms with Crippen molar-refractivity contribution in [1.29, 1.82) is 0 Å². The molecule has 0 bridgehead atoms. The van der Waals surface area contributed by atoms with Crippen molar-refractivity contribution in [3.63, 3.8) is 0 Å². The van der Waals surface area contributed by atoms with Crippen LogP contribution in [0.4, 0.5) is 0 Å². The van der Waals surface area contributed by atoms with Gasteiger partial charge in [0.15, 0.2) is 0 Å². The Balaban J connectivity index is 2.48. The molecule has 0 spiro atoms. The highest BCUT2D eigenvalue weighted by molar-refractivity contribution is 5.86. The minimum atomic E-state index is -0.501. The zero-order valence-corrected chi connectivity index (χ0v) is 14.5. The predicted molar refractivity (Wildman–Crippen MR) is 90.8 cm³/mol. The molecule has 5 nitrogen and oxygen atoms in total. The largest absolute Gasteiger partial charge is 0.379 e. The first-order valence-electron chi connectivity index (χ1n) is 8.12. The molecule has 2 amide bonds. The molecule has 0 aliphatic heterocycles. The van der Waals surface area contributed by atoms with Crippen LogP contribution in [0.2, 0.25) is 0 Å². The zero-order valence-electron chi connectivity index (χ0n) is 14.5. The molecule has 1 atom stereocenters. The maximum atomic E-state index is 12.2. The minimum Gasteiger partial charge on any atom is -0.379 e. The van der Waals surface area contributed by atoms with Crippen LogP contribution in [0, 0.1) is 0 Å². The van der Waals surface area contributed by atoms with Crippen LogP contribution in [0.1, 0.15) is 39.7 Å². The Morgan fingerprint density at radius 1 is 1.17 bits per heavy atom. The number of rotatable bonds is 9. The molecule has 0 saturated carbocycles. The van der Waals surface area contributed by atoms with Gasteiger partial charge in [0.25, 0.3) is 0 Å². The fraction of sp³-hybridized carbons (Fsp3) is 0.556. The lowest BCUT2D eigenvalue weighted by atomic mass is 10.1. The molecular formula is C18H28N2O3. The van der Waals surface area contributed by atoms with Gasteiger partial charge in [0.2, 0.25) is 11.8 Å². The summed E-state index contributed by atoms with van der Waals surface area (Å²) < 4.78 is 5.43. The number of amides is 2. The summed E-state index contributed by atoms with van der Waals surface area (Å²) in [6.07, 6.45) is 0.957. The van der Waals surface area contributed by atoms with Crippen LogP contribution in [-0.4, -0.2) is 42.0 Å². The fourth-order valence-corrected chi connectivity index (χ4v) is 2.19. The molecule has 23 heavy (non-hydrogen) atoms. The summed E-state index contributed by atoms with van der Waals surface area (Å²) in [4.78, 5) is 25.7. The number of carbonyl (C=O) groups is 2. The Labute approximate surface area is 139 Å². The van der Waals surface area contributed by atoms with E-state index < -0.39 is 6.04 Å². The summed E-state index contributed by atoms with van der Waals surface area (Å²) in [5, 5.41) is 2.86. The molecule has 0 aliphatic rings. The number of nitrogens with one attached hydrogen (secondary N) is 1. The smallest absolute Gasteiger partial charge is 0.242 e. The van der Waals surface area contributed by atoms with Gasteiger partial charge in [-0.25, -0.2) is 0 Å². The van der Waals surface area contributed by atoms with Crippen LogP contribution in [0.15, 0.2) is 30.3 Å². The third kappa shape index (κ3) is 7.28. The molecule has 0 unspecified atom stereocenters. The highest BCUT2D eigenvalue weighted by atomic mass is 16.5. The molecule has 1 aromatic rings. The Bertz CT molecular complexity index is 488. The van der Waals surface area contributed by atoms with Gasteiger partial charge in [-0.05, 0) is 32.8 Å².